The van der Waals surface area contributed by atoms with Gasteiger partial charge < -0.3 is 0 Å². The molecular weight excluding hydrogens is 831 g/mol. The van der Waals surface area contributed by atoms with Crippen LogP contribution >= 0.6 is 68.0 Å². The predicted octanol–water partition coefficient (Wildman–Crippen LogP) is 10.8. The van der Waals surface area contributed by atoms with Crippen molar-refractivity contribution in [2.75, 3.05) is 0 Å². The van der Waals surface area contributed by atoms with Gasteiger partial charge in [0.1, 0.15) is 0 Å². The van der Waals surface area contributed by atoms with E-state index in [1.165, 1.54) is 45.3 Å². The molecule has 8 nitrogen and oxygen atoms in total. The molecule has 0 unspecified atom stereocenters. The van der Waals surface area contributed by atoms with Gasteiger partial charge in [-0.2, -0.15) is 0 Å². The number of nitrogens with zero attached hydrogens (tertiary/aromatic N) is 6. The van der Waals surface area contributed by atoms with E-state index in [-0.39, 0.29) is 10.0 Å². The number of benzene rings is 4. The molecule has 0 saturated carbocycles. The average Bonchev–Trinajstić information content (AvgIpc) is 3.99. The van der Waals surface area contributed by atoms with Gasteiger partial charge in [0.25, 0.3) is 0 Å². The van der Waals surface area contributed by atoms with Crippen LogP contribution in [0, 0.1) is 34.9 Å². The van der Waals surface area contributed by atoms with Crippen molar-refractivity contribution in [1.29, 1.82) is 0 Å². The Balaban J connectivity index is 0.921. The van der Waals surface area contributed by atoms with Crippen molar-refractivity contribution in [2.45, 2.75) is 0 Å². The molecule has 0 aliphatic heterocycles. The molecule has 20 heteroatoms. The molecular formula is C34H8F6N6O2S6. The molecule has 0 amide bonds. The third kappa shape index (κ3) is 5.27. The van der Waals surface area contributed by atoms with Gasteiger partial charge in [0.15, 0.2) is 84.3 Å². The van der Waals surface area contributed by atoms with Gasteiger partial charge in [-0.25, -0.2) is 56.2 Å². The fourth-order valence-corrected chi connectivity index (χ4v) is 11.6. The van der Waals surface area contributed by atoms with Crippen molar-refractivity contribution in [3.63, 3.8) is 0 Å². The molecule has 0 spiro atoms. The van der Waals surface area contributed by atoms with Crippen LogP contribution in [-0.4, -0.2) is 41.5 Å². The van der Waals surface area contributed by atoms with Crippen LogP contribution in [0.5, 0.6) is 0 Å². The van der Waals surface area contributed by atoms with Crippen molar-refractivity contribution in [2.24, 2.45) is 0 Å². The first-order valence-electron chi connectivity index (χ1n) is 15.1. The lowest BCUT2D eigenvalue weighted by Gasteiger charge is -2.01. The minimum absolute atomic E-state index is 0.0976. The Morgan fingerprint density at radius 3 is 1.22 bits per heavy atom. The average molecular weight is 839 g/mol. The Morgan fingerprint density at radius 1 is 0.426 bits per heavy atom. The molecule has 6 aromatic heterocycles. The summed E-state index contributed by atoms with van der Waals surface area (Å²) in [5.74, 6) is -11.1. The maximum absolute atomic E-state index is 14.2. The molecule has 0 atom stereocenters. The highest BCUT2D eigenvalue weighted by Crippen LogP contribution is 2.41. The zero-order valence-corrected chi connectivity index (χ0v) is 30.7. The summed E-state index contributed by atoms with van der Waals surface area (Å²) in [5.41, 5.74) is 0.243. The lowest BCUT2D eigenvalue weighted by Crippen LogP contribution is -2.06. The van der Waals surface area contributed by atoms with Crippen molar-refractivity contribution in [3.8, 4) is 20.0 Å². The van der Waals surface area contributed by atoms with Gasteiger partial charge in [0, 0.05) is 0 Å². The van der Waals surface area contributed by atoms with Crippen molar-refractivity contribution in [3.05, 3.63) is 105 Å². The fraction of sp³-hybridized carbons (Fsp3) is 0. The molecule has 6 heterocycles. The van der Waals surface area contributed by atoms with E-state index in [0.717, 1.165) is 66.0 Å². The Kier molecular flexibility index (Phi) is 7.56. The number of thiazole rings is 6. The van der Waals surface area contributed by atoms with Crippen LogP contribution in [0.1, 0.15) is 30.7 Å². The first-order chi connectivity index (χ1) is 26.0. The molecule has 0 fully saturated rings. The summed E-state index contributed by atoms with van der Waals surface area (Å²) in [6.45, 7) is 0. The highest BCUT2D eigenvalue weighted by molar-refractivity contribution is 7.32. The topological polar surface area (TPSA) is 111 Å². The molecule has 4 aromatic carbocycles. The number of aromatic nitrogens is 6. The molecule has 10 aromatic rings. The second kappa shape index (κ2) is 12.2. The number of carbonyl (C=O) groups excluding carboxylic acids is 2. The largest absolute Gasteiger partial charge is 0.286 e. The van der Waals surface area contributed by atoms with E-state index < -0.39 is 57.6 Å². The molecule has 54 heavy (non-hydrogen) atoms. The number of fused-ring (bicyclic) bond motifs is 5. The summed E-state index contributed by atoms with van der Waals surface area (Å²) in [7, 11) is 0. The smallest absolute Gasteiger partial charge is 0.224 e. The number of carbonyl (C=O) groups is 2. The second-order valence-electron chi connectivity index (χ2n) is 11.4. The number of halogens is 6. The second-order valence-corrected chi connectivity index (χ2v) is 17.4. The molecule has 10 rings (SSSR count). The first-order valence-corrected chi connectivity index (χ1v) is 20.0. The highest BCUT2D eigenvalue weighted by atomic mass is 32.1. The molecule has 264 valence electrons. The quantitative estimate of drug-likeness (QED) is 0.0924. The summed E-state index contributed by atoms with van der Waals surface area (Å²) >= 11 is 7.08. The number of hydrogen-bond donors (Lipinski definition) is 0. The minimum atomic E-state index is -1.73. The van der Waals surface area contributed by atoms with E-state index in [0.29, 0.717) is 51.5 Å². The van der Waals surface area contributed by atoms with Crippen LogP contribution in [0.4, 0.5) is 26.3 Å². The van der Waals surface area contributed by atoms with Crippen LogP contribution in [-0.2, 0) is 0 Å². The standard InChI is InChI=1S/C34H8F6N6O2S6/c35-13-3-1-11(19(37)21(13)39)23(47)25-43-31-33(51-25)45-29(53-31)27-41-15-5-9-8-18-16(6-10(9)7-17(15)49-27)42-28(50-18)30-46-34-32(54-30)44-26(52-34)24(48)12-2-4-14(36)22(40)20(12)38/h1-8H. The molecule has 0 bridgehead atoms. The van der Waals surface area contributed by atoms with E-state index in [1.54, 1.807) is 0 Å². The third-order valence-electron chi connectivity index (χ3n) is 8.12. The minimum Gasteiger partial charge on any atom is -0.286 e. The van der Waals surface area contributed by atoms with E-state index in [9.17, 15) is 35.9 Å². The SMILES string of the molecule is O=C(c1nc2sc(-c3nc4cc5cc6sc(-c7nc8sc(C(=O)c9ccc(F)c(F)c9F)nc8s7)nc6cc5cc4s3)nc2s1)c1ccc(F)c(F)c1F. The zero-order valence-electron chi connectivity index (χ0n) is 25.8. The Morgan fingerprint density at radius 2 is 0.815 bits per heavy atom. The lowest BCUT2D eigenvalue weighted by atomic mass is 10.1. The van der Waals surface area contributed by atoms with E-state index >= 15 is 0 Å². The van der Waals surface area contributed by atoms with Crippen LogP contribution in [0.15, 0.2) is 48.5 Å². The first kappa shape index (κ1) is 33.4. The number of rotatable bonds is 6. The zero-order chi connectivity index (χ0) is 37.2. The maximum Gasteiger partial charge on any atom is 0.224 e. The Hall–Kier alpha value is -5.12. The Bertz CT molecular complexity index is 2930. The van der Waals surface area contributed by atoms with Gasteiger partial charge in [-0.1, -0.05) is 45.3 Å². The summed E-state index contributed by atoms with van der Waals surface area (Å²) in [6, 6.07) is 11.1. The van der Waals surface area contributed by atoms with Crippen molar-refractivity contribution < 1.29 is 35.9 Å². The van der Waals surface area contributed by atoms with E-state index in [2.05, 4.69) is 19.9 Å². The predicted molar refractivity (Wildman–Crippen MR) is 198 cm³/mol. The van der Waals surface area contributed by atoms with Gasteiger partial charge >= 0.3 is 0 Å². The number of ketones is 2. The van der Waals surface area contributed by atoms with Crippen LogP contribution < -0.4 is 0 Å². The molecule has 0 radical (unpaired) electrons. The highest BCUT2D eigenvalue weighted by Gasteiger charge is 2.26. The van der Waals surface area contributed by atoms with Gasteiger partial charge in [-0.3, -0.25) is 9.59 Å². The van der Waals surface area contributed by atoms with Gasteiger partial charge in [-0.05, 0) is 59.3 Å². The molecule has 0 aliphatic rings. The third-order valence-corrected chi connectivity index (χ3v) is 14.5. The molecule has 0 N–H and O–H groups in total. The fourth-order valence-electron chi connectivity index (χ4n) is 5.57. The van der Waals surface area contributed by atoms with Crippen molar-refractivity contribution in [1.82, 2.24) is 29.9 Å². The number of hydrogen-bond acceptors (Lipinski definition) is 14. The van der Waals surface area contributed by atoms with Crippen LogP contribution in [0.3, 0.4) is 0 Å². The lowest BCUT2D eigenvalue weighted by molar-refractivity contribution is 0.102. The summed E-state index contributed by atoms with van der Waals surface area (Å²) in [6.07, 6.45) is 0. The normalized spacial score (nSPS) is 12.0. The summed E-state index contributed by atoms with van der Waals surface area (Å²) in [5, 5.41) is 4.06. The van der Waals surface area contributed by atoms with Gasteiger partial charge in [-0.15, -0.1) is 22.7 Å². The van der Waals surface area contributed by atoms with Crippen molar-refractivity contribution >= 4 is 130 Å². The van der Waals surface area contributed by atoms with E-state index in [4.69, 9.17) is 9.97 Å². The van der Waals surface area contributed by atoms with Crippen LogP contribution in [0.25, 0.3) is 70.6 Å². The van der Waals surface area contributed by atoms with Crippen LogP contribution in [0.2, 0.25) is 0 Å². The van der Waals surface area contributed by atoms with Gasteiger partial charge in [0.2, 0.25) is 11.6 Å². The van der Waals surface area contributed by atoms with Gasteiger partial charge in [0.05, 0.1) is 31.6 Å². The van der Waals surface area contributed by atoms with E-state index in [1.807, 2.05) is 24.3 Å². The maximum atomic E-state index is 14.2. The Labute approximate surface area is 318 Å². The molecule has 0 aliphatic carbocycles. The molecule has 0 saturated heterocycles. The summed E-state index contributed by atoms with van der Waals surface area (Å²) in [4.78, 5) is 54.6. The monoisotopic (exact) mass is 838 g/mol. The summed E-state index contributed by atoms with van der Waals surface area (Å²) < 4.78 is 84.4.